The number of carbonyl (C=O) groups is 1. The first kappa shape index (κ1) is 21.4. The van der Waals surface area contributed by atoms with E-state index in [1.807, 2.05) is 0 Å². The molecule has 0 aromatic carbocycles. The summed E-state index contributed by atoms with van der Waals surface area (Å²) in [7, 11) is 0. The van der Waals surface area contributed by atoms with Crippen LogP contribution in [0.2, 0.25) is 0 Å². The number of unbranched alkanes of at least 4 members (excludes halogenated alkanes) is 6. The molecule has 0 radical (unpaired) electrons. The third-order valence-corrected chi connectivity index (χ3v) is 4.67. The highest BCUT2D eigenvalue weighted by molar-refractivity contribution is 5.78. The maximum Gasteiger partial charge on any atom is 0.236 e. The second-order valence-corrected chi connectivity index (χ2v) is 6.40. The van der Waals surface area contributed by atoms with Crippen molar-refractivity contribution in [2.45, 2.75) is 92.0 Å². The van der Waals surface area contributed by atoms with E-state index in [9.17, 15) is 4.79 Å². The van der Waals surface area contributed by atoms with Gasteiger partial charge in [-0.2, -0.15) is 0 Å². The van der Waals surface area contributed by atoms with Crippen LogP contribution in [0.25, 0.3) is 0 Å². The van der Waals surface area contributed by atoms with Crippen molar-refractivity contribution in [3.8, 4) is 0 Å². The predicted octanol–water partition coefficient (Wildman–Crippen LogP) is 4.71. The largest absolute Gasteiger partial charge is 0.339 e. The van der Waals surface area contributed by atoms with Gasteiger partial charge in [0, 0.05) is 12.6 Å². The Morgan fingerprint density at radius 1 is 0.818 bits per heavy atom. The van der Waals surface area contributed by atoms with E-state index in [1.165, 1.54) is 44.9 Å². The van der Waals surface area contributed by atoms with Crippen molar-refractivity contribution in [2.24, 2.45) is 0 Å². The van der Waals surface area contributed by atoms with Crippen LogP contribution < -0.4 is 0 Å². The number of hydrogen-bond acceptors (Lipinski definition) is 2. The van der Waals surface area contributed by atoms with Gasteiger partial charge in [-0.1, -0.05) is 65.7 Å². The number of carbonyl (C=O) groups excluding carboxylic acids is 1. The van der Waals surface area contributed by atoms with Crippen molar-refractivity contribution in [2.75, 3.05) is 26.2 Å². The third-order valence-electron chi connectivity index (χ3n) is 4.67. The summed E-state index contributed by atoms with van der Waals surface area (Å²) in [5.41, 5.74) is 0. The Morgan fingerprint density at radius 2 is 1.36 bits per heavy atom. The summed E-state index contributed by atoms with van der Waals surface area (Å²) >= 11 is 0. The van der Waals surface area contributed by atoms with Gasteiger partial charge in [0.1, 0.15) is 0 Å². The second kappa shape index (κ2) is 14.0. The van der Waals surface area contributed by atoms with Gasteiger partial charge in [-0.05, 0) is 33.4 Å². The summed E-state index contributed by atoms with van der Waals surface area (Å²) in [6.45, 7) is 14.1. The highest BCUT2D eigenvalue weighted by Crippen LogP contribution is 2.13. The Labute approximate surface area is 139 Å². The monoisotopic (exact) mass is 312 g/mol. The molecule has 0 rings (SSSR count). The summed E-state index contributed by atoms with van der Waals surface area (Å²) in [5.74, 6) is 0.293. The zero-order valence-electron chi connectivity index (χ0n) is 15.9. The molecule has 0 spiro atoms. The molecule has 1 atom stereocenters. The summed E-state index contributed by atoms with van der Waals surface area (Å²) < 4.78 is 0. The molecule has 3 nitrogen and oxygen atoms in total. The van der Waals surface area contributed by atoms with E-state index in [4.69, 9.17) is 0 Å². The van der Waals surface area contributed by atoms with Crippen LogP contribution in [-0.4, -0.2) is 47.9 Å². The summed E-state index contributed by atoms with van der Waals surface area (Å²) in [6, 6.07) is 0.378. The predicted molar refractivity (Wildman–Crippen MR) is 97.2 cm³/mol. The number of rotatable bonds is 14. The minimum absolute atomic E-state index is 0.293. The highest BCUT2D eigenvalue weighted by Gasteiger charge is 2.19. The van der Waals surface area contributed by atoms with Gasteiger partial charge in [-0.3, -0.25) is 9.69 Å². The lowest BCUT2D eigenvalue weighted by molar-refractivity contribution is -0.134. The number of likely N-dealkylation sites (N-methyl/N-ethyl adjacent to an activating group) is 2. The van der Waals surface area contributed by atoms with Gasteiger partial charge in [0.15, 0.2) is 0 Å². The minimum Gasteiger partial charge on any atom is -0.339 e. The Kier molecular flexibility index (Phi) is 13.7. The molecule has 1 unspecified atom stereocenters. The van der Waals surface area contributed by atoms with Crippen molar-refractivity contribution in [1.82, 2.24) is 9.80 Å². The third kappa shape index (κ3) is 9.45. The van der Waals surface area contributed by atoms with Crippen LogP contribution in [0, 0.1) is 0 Å². The molecule has 0 aliphatic heterocycles. The van der Waals surface area contributed by atoms with E-state index < -0.39 is 0 Å². The van der Waals surface area contributed by atoms with Gasteiger partial charge in [0.05, 0.1) is 6.54 Å². The van der Waals surface area contributed by atoms with Crippen LogP contribution >= 0.6 is 0 Å². The molecular weight excluding hydrogens is 272 g/mol. The van der Waals surface area contributed by atoms with Gasteiger partial charge in [0.25, 0.3) is 0 Å². The Bertz CT molecular complexity index is 264. The average molecular weight is 313 g/mol. The quantitative estimate of drug-likeness (QED) is 0.434. The molecule has 1 amide bonds. The first-order chi connectivity index (χ1) is 10.6. The van der Waals surface area contributed by atoms with Gasteiger partial charge in [0.2, 0.25) is 5.91 Å². The zero-order chi connectivity index (χ0) is 16.8. The molecule has 22 heavy (non-hydrogen) atoms. The van der Waals surface area contributed by atoms with Gasteiger partial charge >= 0.3 is 0 Å². The van der Waals surface area contributed by atoms with Gasteiger partial charge in [-0.15, -0.1) is 0 Å². The topological polar surface area (TPSA) is 23.6 Å². The van der Waals surface area contributed by atoms with Crippen LogP contribution in [0.5, 0.6) is 0 Å². The van der Waals surface area contributed by atoms with Crippen LogP contribution in [0.15, 0.2) is 0 Å². The lowest BCUT2D eigenvalue weighted by Crippen LogP contribution is -2.44. The van der Waals surface area contributed by atoms with E-state index in [0.29, 0.717) is 18.5 Å². The van der Waals surface area contributed by atoms with Gasteiger partial charge in [-0.25, -0.2) is 0 Å². The zero-order valence-corrected chi connectivity index (χ0v) is 15.9. The van der Waals surface area contributed by atoms with Crippen molar-refractivity contribution in [3.05, 3.63) is 0 Å². The van der Waals surface area contributed by atoms with Crippen molar-refractivity contribution < 1.29 is 4.79 Å². The van der Waals surface area contributed by atoms with E-state index in [2.05, 4.69) is 44.4 Å². The normalized spacial score (nSPS) is 12.6. The second-order valence-electron chi connectivity index (χ2n) is 6.40. The standard InChI is InChI=1S/C19H40N2O/c1-6-10-11-12-13-14-15-16-18(5)21(9-4)19(22)17-20(7-2)8-3/h18H,6-17H2,1-5H3. The fourth-order valence-corrected chi connectivity index (χ4v) is 3.02. The van der Waals surface area contributed by atoms with E-state index in [-0.39, 0.29) is 0 Å². The molecule has 0 heterocycles. The molecule has 0 saturated heterocycles. The summed E-state index contributed by atoms with van der Waals surface area (Å²) in [6.07, 6.45) is 10.5. The first-order valence-corrected chi connectivity index (χ1v) is 9.62. The molecule has 0 aliphatic rings. The Hall–Kier alpha value is -0.570. The molecule has 0 aliphatic carbocycles. The average Bonchev–Trinajstić information content (AvgIpc) is 2.52. The van der Waals surface area contributed by atoms with Crippen LogP contribution in [0.4, 0.5) is 0 Å². The molecule has 0 saturated carbocycles. The Morgan fingerprint density at radius 3 is 1.86 bits per heavy atom. The summed E-state index contributed by atoms with van der Waals surface area (Å²) in [5, 5.41) is 0. The van der Waals surface area contributed by atoms with Crippen LogP contribution in [0.3, 0.4) is 0 Å². The van der Waals surface area contributed by atoms with Crippen LogP contribution in [0.1, 0.15) is 86.0 Å². The van der Waals surface area contributed by atoms with Crippen LogP contribution in [-0.2, 0) is 4.79 Å². The van der Waals surface area contributed by atoms with E-state index in [0.717, 1.165) is 26.1 Å². The summed E-state index contributed by atoms with van der Waals surface area (Å²) in [4.78, 5) is 16.7. The molecule has 0 aromatic heterocycles. The molecule has 3 heteroatoms. The number of hydrogen-bond donors (Lipinski definition) is 0. The molecular formula is C19H40N2O. The SMILES string of the molecule is CCCCCCCCCC(C)N(CC)C(=O)CN(CC)CC. The maximum absolute atomic E-state index is 12.4. The van der Waals surface area contributed by atoms with Crippen molar-refractivity contribution in [1.29, 1.82) is 0 Å². The molecule has 0 aromatic rings. The molecule has 0 bridgehead atoms. The molecule has 0 fully saturated rings. The Balaban J connectivity index is 3.98. The number of nitrogens with zero attached hydrogens (tertiary/aromatic N) is 2. The van der Waals surface area contributed by atoms with Crippen molar-refractivity contribution in [3.63, 3.8) is 0 Å². The fourth-order valence-electron chi connectivity index (χ4n) is 3.02. The smallest absolute Gasteiger partial charge is 0.236 e. The lowest BCUT2D eigenvalue weighted by atomic mass is 10.0. The lowest BCUT2D eigenvalue weighted by Gasteiger charge is -2.30. The van der Waals surface area contributed by atoms with Gasteiger partial charge < -0.3 is 4.90 Å². The molecule has 0 N–H and O–H groups in total. The fraction of sp³-hybridized carbons (Fsp3) is 0.947. The van der Waals surface area contributed by atoms with Crippen molar-refractivity contribution >= 4 is 5.91 Å². The van der Waals surface area contributed by atoms with E-state index in [1.54, 1.807) is 0 Å². The minimum atomic E-state index is 0.293. The van der Waals surface area contributed by atoms with E-state index >= 15 is 0 Å². The highest BCUT2D eigenvalue weighted by atomic mass is 16.2. The first-order valence-electron chi connectivity index (χ1n) is 9.62. The molecule has 132 valence electrons. The number of amides is 1. The maximum atomic E-state index is 12.4.